The largest absolute Gasteiger partial charge is 0.262 e. The van der Waals surface area contributed by atoms with Crippen LogP contribution in [0.15, 0.2) is 24.7 Å². The Morgan fingerprint density at radius 1 is 1.27 bits per heavy atom. The third-order valence-electron chi connectivity index (χ3n) is 2.64. The van der Waals surface area contributed by atoms with Gasteiger partial charge >= 0.3 is 0 Å². The van der Waals surface area contributed by atoms with Gasteiger partial charge in [-0.2, -0.15) is 5.10 Å². The molecule has 0 fully saturated rings. The summed E-state index contributed by atoms with van der Waals surface area (Å²) >= 11 is 0. The van der Waals surface area contributed by atoms with Crippen molar-refractivity contribution < 1.29 is 4.57 Å². The predicted octanol–water partition coefficient (Wildman–Crippen LogP) is 2.49. The Labute approximate surface area is 90.3 Å². The zero-order valence-electron chi connectivity index (χ0n) is 9.81. The Balaban J connectivity index is 2.57. The second kappa shape index (κ2) is 3.65. The molecular weight excluding hydrogens is 186 g/mol. The molecule has 0 aliphatic heterocycles. The van der Waals surface area contributed by atoms with Crippen molar-refractivity contribution in [2.45, 2.75) is 39.8 Å². The average molecular weight is 204 g/mol. The number of nitrogens with zero attached hydrogens (tertiary/aromatic N) is 3. The number of hydrogen-bond donors (Lipinski definition) is 0. The zero-order chi connectivity index (χ0) is 11.0. The second-order valence-electron chi connectivity index (χ2n) is 4.51. The Morgan fingerprint density at radius 2 is 2.00 bits per heavy atom. The minimum atomic E-state index is 0.414. The molecule has 0 atom stereocenters. The van der Waals surface area contributed by atoms with Crippen molar-refractivity contribution in [1.29, 1.82) is 0 Å². The molecule has 80 valence electrons. The first-order valence-corrected chi connectivity index (χ1v) is 5.47. The molecule has 0 saturated carbocycles. The van der Waals surface area contributed by atoms with E-state index in [1.807, 2.05) is 6.20 Å². The van der Waals surface area contributed by atoms with E-state index in [4.69, 9.17) is 0 Å². The van der Waals surface area contributed by atoms with Gasteiger partial charge < -0.3 is 0 Å². The number of aromatic nitrogens is 3. The van der Waals surface area contributed by atoms with Crippen LogP contribution in [-0.4, -0.2) is 9.78 Å². The van der Waals surface area contributed by atoms with E-state index in [2.05, 4.69) is 60.5 Å². The van der Waals surface area contributed by atoms with Gasteiger partial charge in [-0.05, 0) is 27.7 Å². The van der Waals surface area contributed by atoms with Crippen LogP contribution in [0.5, 0.6) is 0 Å². The molecule has 0 radical (unpaired) electrons. The first-order chi connectivity index (χ1) is 7.09. The summed E-state index contributed by atoms with van der Waals surface area (Å²) < 4.78 is 4.26. The summed E-state index contributed by atoms with van der Waals surface area (Å²) in [5, 5.41) is 5.61. The van der Waals surface area contributed by atoms with Crippen LogP contribution in [0.4, 0.5) is 0 Å². The molecule has 0 N–H and O–H groups in total. The topological polar surface area (TPSA) is 21.7 Å². The first kappa shape index (κ1) is 10.1. The summed E-state index contributed by atoms with van der Waals surface area (Å²) in [5.74, 6) is 0. The minimum absolute atomic E-state index is 0.414. The molecule has 15 heavy (non-hydrogen) atoms. The van der Waals surface area contributed by atoms with E-state index in [0.29, 0.717) is 12.1 Å². The van der Waals surface area contributed by atoms with E-state index in [-0.39, 0.29) is 0 Å². The molecule has 0 spiro atoms. The van der Waals surface area contributed by atoms with Crippen molar-refractivity contribution in [3.63, 3.8) is 0 Å². The highest BCUT2D eigenvalue weighted by molar-refractivity contribution is 5.76. The maximum atomic E-state index is 4.40. The van der Waals surface area contributed by atoms with E-state index in [0.717, 1.165) is 0 Å². The predicted molar refractivity (Wildman–Crippen MR) is 60.7 cm³/mol. The van der Waals surface area contributed by atoms with Crippen LogP contribution < -0.4 is 4.57 Å². The summed E-state index contributed by atoms with van der Waals surface area (Å²) in [5.41, 5.74) is 1.21. The SMILES string of the molecule is CC(C)n1ncc2c[n+](C(C)C)ccc21. The molecule has 0 amide bonds. The van der Waals surface area contributed by atoms with Gasteiger partial charge in [-0.1, -0.05) is 0 Å². The summed E-state index contributed by atoms with van der Waals surface area (Å²) in [6.07, 6.45) is 6.22. The normalized spacial score (nSPS) is 11.9. The molecule has 0 aliphatic rings. The highest BCUT2D eigenvalue weighted by Gasteiger charge is 2.11. The summed E-state index contributed by atoms with van der Waals surface area (Å²) in [6.45, 7) is 8.66. The minimum Gasteiger partial charge on any atom is -0.262 e. The molecule has 0 unspecified atom stereocenters. The van der Waals surface area contributed by atoms with E-state index < -0.39 is 0 Å². The van der Waals surface area contributed by atoms with Gasteiger partial charge in [0.1, 0.15) is 0 Å². The molecule has 0 bridgehead atoms. The third kappa shape index (κ3) is 1.74. The van der Waals surface area contributed by atoms with E-state index in [1.54, 1.807) is 0 Å². The molecule has 2 rings (SSSR count). The van der Waals surface area contributed by atoms with Crippen LogP contribution in [-0.2, 0) is 0 Å². The second-order valence-corrected chi connectivity index (χ2v) is 4.51. The molecule has 3 heteroatoms. The van der Waals surface area contributed by atoms with Crippen molar-refractivity contribution in [3.8, 4) is 0 Å². The fourth-order valence-corrected chi connectivity index (χ4v) is 1.75. The van der Waals surface area contributed by atoms with Gasteiger partial charge in [0.25, 0.3) is 0 Å². The van der Waals surface area contributed by atoms with Crippen molar-refractivity contribution in [3.05, 3.63) is 24.7 Å². The van der Waals surface area contributed by atoms with Gasteiger partial charge in [0, 0.05) is 12.1 Å². The molecular formula is C12H18N3+. The molecule has 0 saturated heterocycles. The molecule has 3 nitrogen and oxygen atoms in total. The van der Waals surface area contributed by atoms with Crippen LogP contribution in [0.25, 0.3) is 10.9 Å². The fraction of sp³-hybridized carbons (Fsp3) is 0.500. The van der Waals surface area contributed by atoms with Crippen LogP contribution in [0.1, 0.15) is 39.8 Å². The third-order valence-corrected chi connectivity index (χ3v) is 2.64. The maximum Gasteiger partial charge on any atom is 0.180 e. The fourth-order valence-electron chi connectivity index (χ4n) is 1.75. The lowest BCUT2D eigenvalue weighted by Crippen LogP contribution is -2.34. The van der Waals surface area contributed by atoms with Gasteiger partial charge in [-0.25, -0.2) is 4.57 Å². The van der Waals surface area contributed by atoms with E-state index >= 15 is 0 Å². The van der Waals surface area contributed by atoms with Crippen molar-refractivity contribution in [1.82, 2.24) is 9.78 Å². The number of pyridine rings is 1. The average Bonchev–Trinajstić information content (AvgIpc) is 2.59. The monoisotopic (exact) mass is 204 g/mol. The van der Waals surface area contributed by atoms with Crippen molar-refractivity contribution in [2.24, 2.45) is 0 Å². The number of rotatable bonds is 2. The molecule has 2 aromatic heterocycles. The van der Waals surface area contributed by atoms with Crippen molar-refractivity contribution in [2.75, 3.05) is 0 Å². The van der Waals surface area contributed by atoms with Crippen LogP contribution in [0, 0.1) is 0 Å². The Kier molecular flexibility index (Phi) is 2.47. The highest BCUT2D eigenvalue weighted by Crippen LogP contribution is 2.15. The smallest absolute Gasteiger partial charge is 0.180 e. The quantitative estimate of drug-likeness (QED) is 0.689. The Bertz CT molecular complexity index is 469. The van der Waals surface area contributed by atoms with Gasteiger partial charge in [0.05, 0.1) is 17.1 Å². The summed E-state index contributed by atoms with van der Waals surface area (Å²) in [6, 6.07) is 3.05. The summed E-state index contributed by atoms with van der Waals surface area (Å²) in [4.78, 5) is 0. The lowest BCUT2D eigenvalue weighted by atomic mass is 10.3. The van der Waals surface area contributed by atoms with E-state index in [1.165, 1.54) is 10.9 Å². The molecule has 0 aliphatic carbocycles. The van der Waals surface area contributed by atoms with Crippen LogP contribution in [0.2, 0.25) is 0 Å². The lowest BCUT2D eigenvalue weighted by Gasteiger charge is -2.06. The molecule has 0 aromatic carbocycles. The van der Waals surface area contributed by atoms with E-state index in [9.17, 15) is 0 Å². The van der Waals surface area contributed by atoms with Gasteiger partial charge in [0.15, 0.2) is 18.4 Å². The summed E-state index contributed by atoms with van der Waals surface area (Å²) in [7, 11) is 0. The van der Waals surface area contributed by atoms with Gasteiger partial charge in [0.2, 0.25) is 0 Å². The Morgan fingerprint density at radius 3 is 2.60 bits per heavy atom. The Hall–Kier alpha value is -1.38. The van der Waals surface area contributed by atoms with Crippen LogP contribution in [0.3, 0.4) is 0 Å². The van der Waals surface area contributed by atoms with Gasteiger partial charge in [-0.3, -0.25) is 4.68 Å². The number of fused-ring (bicyclic) bond motifs is 1. The number of hydrogen-bond acceptors (Lipinski definition) is 1. The molecule has 2 aromatic rings. The highest BCUT2D eigenvalue weighted by atomic mass is 15.3. The van der Waals surface area contributed by atoms with Crippen molar-refractivity contribution >= 4 is 10.9 Å². The maximum absolute atomic E-state index is 4.40. The van der Waals surface area contributed by atoms with Crippen LogP contribution >= 0.6 is 0 Å². The lowest BCUT2D eigenvalue weighted by molar-refractivity contribution is -0.715. The standard InChI is InChI=1S/C12H18N3/c1-9(2)14-6-5-12-11(8-14)7-13-15(12)10(3)4/h5-10H,1-4H3/q+1. The van der Waals surface area contributed by atoms with Gasteiger partial charge in [-0.15, -0.1) is 0 Å². The first-order valence-electron chi connectivity index (χ1n) is 5.47. The zero-order valence-corrected chi connectivity index (χ0v) is 9.81. The molecule has 2 heterocycles.